The Morgan fingerprint density at radius 3 is 2.88 bits per heavy atom. The highest BCUT2D eigenvalue weighted by Crippen LogP contribution is 2.23. The Hall–Kier alpha value is -0.450. The van der Waals surface area contributed by atoms with Crippen LogP contribution in [-0.2, 0) is 0 Å². The van der Waals surface area contributed by atoms with Crippen LogP contribution in [0.2, 0.25) is 5.02 Å². The van der Waals surface area contributed by atoms with Gasteiger partial charge in [0.05, 0.1) is 10.7 Å². The molecule has 0 bridgehead atoms. The van der Waals surface area contributed by atoms with Crippen molar-refractivity contribution in [3.8, 4) is 0 Å². The summed E-state index contributed by atoms with van der Waals surface area (Å²) in [5.41, 5.74) is 7.26. The second kappa shape index (κ2) is 6.99. The lowest BCUT2D eigenvalue weighted by atomic mass is 10.2. The molecule has 0 aliphatic rings. The maximum atomic E-state index is 6.10. The monoisotopic (exact) mass is 274 g/mol. The third kappa shape index (κ3) is 4.20. The van der Waals surface area contributed by atoms with Crippen molar-refractivity contribution in [2.45, 2.75) is 6.42 Å². The average Bonchev–Trinajstić information content (AvgIpc) is 2.26. The second-order valence-corrected chi connectivity index (χ2v) is 5.16. The maximum absolute atomic E-state index is 6.10. The van der Waals surface area contributed by atoms with Gasteiger partial charge in [0.15, 0.2) is 0 Å². The molecule has 0 unspecified atom stereocenters. The van der Waals surface area contributed by atoms with E-state index in [1.54, 1.807) is 6.07 Å². The predicted octanol–water partition coefficient (Wildman–Crippen LogP) is 3.14. The molecule has 0 aromatic heterocycles. The van der Waals surface area contributed by atoms with E-state index < -0.39 is 0 Å². The first-order chi connectivity index (χ1) is 7.65. The van der Waals surface area contributed by atoms with Gasteiger partial charge < -0.3 is 11.1 Å². The molecule has 3 N–H and O–H groups in total. The first-order valence-corrected chi connectivity index (χ1v) is 7.15. The Labute approximate surface area is 111 Å². The van der Waals surface area contributed by atoms with Crippen LogP contribution in [-0.4, -0.2) is 23.5 Å². The van der Waals surface area contributed by atoms with E-state index in [9.17, 15) is 0 Å². The van der Waals surface area contributed by atoms with Crippen molar-refractivity contribution in [3.63, 3.8) is 0 Å². The van der Waals surface area contributed by atoms with Gasteiger partial charge in [0.2, 0.25) is 0 Å². The lowest BCUT2D eigenvalue weighted by Crippen LogP contribution is -2.10. The van der Waals surface area contributed by atoms with Crippen molar-refractivity contribution in [2.75, 3.05) is 23.9 Å². The average molecular weight is 275 g/mol. The Morgan fingerprint density at radius 1 is 1.56 bits per heavy atom. The van der Waals surface area contributed by atoms with Crippen molar-refractivity contribution in [1.82, 2.24) is 0 Å². The summed E-state index contributed by atoms with van der Waals surface area (Å²) in [4.78, 5) is 0.371. The van der Waals surface area contributed by atoms with Gasteiger partial charge in [-0.1, -0.05) is 23.8 Å². The van der Waals surface area contributed by atoms with Crippen molar-refractivity contribution in [2.24, 2.45) is 5.73 Å². The number of thioether (sulfide) groups is 1. The minimum absolute atomic E-state index is 0.371. The van der Waals surface area contributed by atoms with Crippen LogP contribution in [0, 0.1) is 0 Å². The van der Waals surface area contributed by atoms with E-state index in [1.165, 1.54) is 0 Å². The van der Waals surface area contributed by atoms with Gasteiger partial charge in [0.1, 0.15) is 4.99 Å². The Bertz CT molecular complexity index is 369. The molecule has 1 rings (SSSR count). The summed E-state index contributed by atoms with van der Waals surface area (Å²) in [6.07, 6.45) is 3.22. The third-order valence-electron chi connectivity index (χ3n) is 2.09. The number of anilines is 1. The van der Waals surface area contributed by atoms with Crippen LogP contribution in [0.3, 0.4) is 0 Å². The van der Waals surface area contributed by atoms with E-state index in [0.29, 0.717) is 10.0 Å². The molecule has 0 aliphatic heterocycles. The number of nitrogens with one attached hydrogen (secondary N) is 1. The van der Waals surface area contributed by atoms with E-state index >= 15 is 0 Å². The highest BCUT2D eigenvalue weighted by Gasteiger charge is 2.02. The molecule has 16 heavy (non-hydrogen) atoms. The van der Waals surface area contributed by atoms with Crippen LogP contribution in [0.15, 0.2) is 18.2 Å². The van der Waals surface area contributed by atoms with Crippen molar-refractivity contribution in [1.29, 1.82) is 0 Å². The van der Waals surface area contributed by atoms with Gasteiger partial charge in [-0.15, -0.1) is 0 Å². The lowest BCUT2D eigenvalue weighted by Gasteiger charge is -2.09. The number of thiocarbonyl (C=S) groups is 1. The van der Waals surface area contributed by atoms with Crippen LogP contribution in [0.25, 0.3) is 0 Å². The van der Waals surface area contributed by atoms with Gasteiger partial charge in [-0.25, -0.2) is 0 Å². The standard InChI is InChI=1S/C11H15ClN2S2/c1-16-6-2-5-14-10-4-3-8(11(13)15)7-9(10)12/h3-4,7,14H,2,5-6H2,1H3,(H2,13,15). The van der Waals surface area contributed by atoms with Crippen LogP contribution in [0.5, 0.6) is 0 Å². The van der Waals surface area contributed by atoms with Crippen LogP contribution in [0.4, 0.5) is 5.69 Å². The maximum Gasteiger partial charge on any atom is 0.104 e. The molecule has 0 spiro atoms. The molecule has 5 heteroatoms. The zero-order chi connectivity index (χ0) is 12.0. The molecule has 1 aromatic rings. The van der Waals surface area contributed by atoms with E-state index in [-0.39, 0.29) is 0 Å². The Balaban J connectivity index is 2.57. The van der Waals surface area contributed by atoms with Crippen LogP contribution >= 0.6 is 35.6 Å². The van der Waals surface area contributed by atoms with Crippen LogP contribution < -0.4 is 11.1 Å². The summed E-state index contributed by atoms with van der Waals surface area (Å²) in [5.74, 6) is 1.15. The fourth-order valence-electron chi connectivity index (χ4n) is 1.25. The number of halogens is 1. The van der Waals surface area contributed by atoms with Gasteiger partial charge in [-0.3, -0.25) is 0 Å². The van der Waals surface area contributed by atoms with Gasteiger partial charge >= 0.3 is 0 Å². The molecule has 0 saturated heterocycles. The van der Waals surface area contributed by atoms with Crippen LogP contribution in [0.1, 0.15) is 12.0 Å². The quantitative estimate of drug-likeness (QED) is 0.617. The molecule has 0 aliphatic carbocycles. The van der Waals surface area contributed by atoms with E-state index in [1.807, 2.05) is 23.9 Å². The third-order valence-corrected chi connectivity index (χ3v) is 3.34. The summed E-state index contributed by atoms with van der Waals surface area (Å²) >= 11 is 12.8. The van der Waals surface area contributed by atoms with Crippen molar-refractivity contribution >= 4 is 46.3 Å². The molecule has 0 amide bonds. The number of rotatable bonds is 6. The molecule has 2 nitrogen and oxygen atoms in total. The van der Waals surface area contributed by atoms with Gasteiger partial charge in [-0.05, 0) is 36.6 Å². The molecule has 88 valence electrons. The fraction of sp³-hybridized carbons (Fsp3) is 0.364. The summed E-state index contributed by atoms with van der Waals surface area (Å²) < 4.78 is 0. The van der Waals surface area contributed by atoms with E-state index in [0.717, 1.165) is 30.0 Å². The summed E-state index contributed by atoms with van der Waals surface area (Å²) in [7, 11) is 0. The van der Waals surface area contributed by atoms with Gasteiger partial charge in [0.25, 0.3) is 0 Å². The minimum atomic E-state index is 0.371. The molecule has 0 heterocycles. The number of hydrogen-bond acceptors (Lipinski definition) is 3. The first kappa shape index (κ1) is 13.6. The molecule has 0 saturated carbocycles. The highest BCUT2D eigenvalue weighted by atomic mass is 35.5. The van der Waals surface area contributed by atoms with Gasteiger partial charge in [-0.2, -0.15) is 11.8 Å². The molecule has 0 fully saturated rings. The SMILES string of the molecule is CSCCCNc1ccc(C(N)=S)cc1Cl. The first-order valence-electron chi connectivity index (χ1n) is 4.97. The summed E-state index contributed by atoms with van der Waals surface area (Å²) in [6, 6.07) is 5.59. The summed E-state index contributed by atoms with van der Waals surface area (Å²) in [5, 5.41) is 3.95. The van der Waals surface area contributed by atoms with Crippen molar-refractivity contribution < 1.29 is 0 Å². The minimum Gasteiger partial charge on any atom is -0.389 e. The predicted molar refractivity (Wildman–Crippen MR) is 78.8 cm³/mol. The molecular formula is C11H15ClN2S2. The lowest BCUT2D eigenvalue weighted by molar-refractivity contribution is 0.993. The smallest absolute Gasteiger partial charge is 0.104 e. The molecule has 0 radical (unpaired) electrons. The molecule has 0 atom stereocenters. The molecular weight excluding hydrogens is 260 g/mol. The van der Waals surface area contributed by atoms with E-state index in [4.69, 9.17) is 29.6 Å². The Morgan fingerprint density at radius 2 is 2.31 bits per heavy atom. The topological polar surface area (TPSA) is 38.0 Å². The number of hydrogen-bond donors (Lipinski definition) is 2. The van der Waals surface area contributed by atoms with Gasteiger partial charge in [0, 0.05) is 12.1 Å². The zero-order valence-corrected chi connectivity index (χ0v) is 11.5. The normalized spacial score (nSPS) is 10.1. The second-order valence-electron chi connectivity index (χ2n) is 3.33. The number of benzene rings is 1. The number of nitrogens with two attached hydrogens (primary N) is 1. The largest absolute Gasteiger partial charge is 0.389 e. The zero-order valence-electron chi connectivity index (χ0n) is 9.13. The highest BCUT2D eigenvalue weighted by molar-refractivity contribution is 7.98. The Kier molecular flexibility index (Phi) is 5.95. The summed E-state index contributed by atoms with van der Waals surface area (Å²) in [6.45, 7) is 0.924. The fourth-order valence-corrected chi connectivity index (χ4v) is 2.06. The van der Waals surface area contributed by atoms with Crippen molar-refractivity contribution in [3.05, 3.63) is 28.8 Å². The van der Waals surface area contributed by atoms with E-state index in [2.05, 4.69) is 11.6 Å². The molecule has 1 aromatic carbocycles.